The van der Waals surface area contributed by atoms with Crippen LogP contribution < -0.4 is 5.32 Å². The SMILES string of the molecule is CC(C)(C)OC(=O)N[C@@H](c1ccccc1)C(C#N)(C#N)Cc1ccc2ccccc2c1. The first-order chi connectivity index (χ1) is 14.8. The number of hydrogen-bond donors (Lipinski definition) is 1. The Morgan fingerprint density at radius 3 is 2.16 bits per heavy atom. The highest BCUT2D eigenvalue weighted by atomic mass is 16.6. The lowest BCUT2D eigenvalue weighted by molar-refractivity contribution is 0.0479. The molecule has 0 aliphatic heterocycles. The van der Waals surface area contributed by atoms with E-state index in [1.807, 2.05) is 60.7 Å². The van der Waals surface area contributed by atoms with Crippen molar-refractivity contribution in [2.24, 2.45) is 5.41 Å². The Morgan fingerprint density at radius 1 is 0.935 bits per heavy atom. The number of hydrogen-bond acceptors (Lipinski definition) is 4. The maximum Gasteiger partial charge on any atom is 0.408 e. The lowest BCUT2D eigenvalue weighted by atomic mass is 9.74. The summed E-state index contributed by atoms with van der Waals surface area (Å²) < 4.78 is 5.41. The minimum Gasteiger partial charge on any atom is -0.444 e. The van der Waals surface area contributed by atoms with Crippen LogP contribution in [-0.4, -0.2) is 11.7 Å². The van der Waals surface area contributed by atoms with Gasteiger partial charge < -0.3 is 10.1 Å². The number of nitrogens with zero attached hydrogens (tertiary/aromatic N) is 2. The summed E-state index contributed by atoms with van der Waals surface area (Å²) in [5.41, 5.74) is -0.724. The number of carbonyl (C=O) groups excluding carboxylic acids is 1. The smallest absolute Gasteiger partial charge is 0.408 e. The molecule has 156 valence electrons. The van der Waals surface area contributed by atoms with Crippen molar-refractivity contribution in [3.05, 3.63) is 83.9 Å². The zero-order chi connectivity index (χ0) is 22.5. The van der Waals surface area contributed by atoms with Gasteiger partial charge in [-0.05, 0) is 42.7 Å². The lowest BCUT2D eigenvalue weighted by Gasteiger charge is -2.31. The Labute approximate surface area is 182 Å². The van der Waals surface area contributed by atoms with Crippen LogP contribution >= 0.6 is 0 Å². The molecule has 0 saturated heterocycles. The zero-order valence-corrected chi connectivity index (χ0v) is 17.9. The van der Waals surface area contributed by atoms with Gasteiger partial charge in [0.2, 0.25) is 0 Å². The van der Waals surface area contributed by atoms with E-state index in [1.165, 1.54) is 0 Å². The molecular formula is C26H25N3O2. The van der Waals surface area contributed by atoms with E-state index < -0.39 is 23.2 Å². The molecule has 0 aliphatic carbocycles. The maximum atomic E-state index is 12.6. The van der Waals surface area contributed by atoms with E-state index in [0.29, 0.717) is 5.56 Å². The van der Waals surface area contributed by atoms with Crippen LogP contribution in [0.4, 0.5) is 4.79 Å². The molecule has 0 fully saturated rings. The van der Waals surface area contributed by atoms with Crippen molar-refractivity contribution in [2.45, 2.75) is 38.8 Å². The third-order valence-electron chi connectivity index (χ3n) is 4.98. The van der Waals surface area contributed by atoms with Crippen molar-refractivity contribution in [3.63, 3.8) is 0 Å². The number of nitriles is 2. The van der Waals surface area contributed by atoms with Gasteiger partial charge in [-0.2, -0.15) is 10.5 Å². The normalized spacial score (nSPS) is 12.4. The Morgan fingerprint density at radius 2 is 1.55 bits per heavy atom. The third-order valence-corrected chi connectivity index (χ3v) is 4.98. The first-order valence-corrected chi connectivity index (χ1v) is 10.1. The molecular weight excluding hydrogens is 386 g/mol. The van der Waals surface area contributed by atoms with Crippen LogP contribution in [0.25, 0.3) is 10.8 Å². The highest BCUT2D eigenvalue weighted by molar-refractivity contribution is 5.83. The fourth-order valence-electron chi connectivity index (χ4n) is 3.57. The minimum absolute atomic E-state index is 0.153. The van der Waals surface area contributed by atoms with Crippen LogP contribution in [-0.2, 0) is 11.2 Å². The van der Waals surface area contributed by atoms with Gasteiger partial charge in [0.25, 0.3) is 0 Å². The second-order valence-electron chi connectivity index (χ2n) is 8.54. The van der Waals surface area contributed by atoms with E-state index in [0.717, 1.165) is 16.3 Å². The molecule has 0 saturated carbocycles. The van der Waals surface area contributed by atoms with E-state index >= 15 is 0 Å². The van der Waals surface area contributed by atoms with Crippen molar-refractivity contribution in [3.8, 4) is 12.1 Å². The lowest BCUT2D eigenvalue weighted by Crippen LogP contribution is -2.43. The number of ether oxygens (including phenoxy) is 1. The summed E-state index contributed by atoms with van der Waals surface area (Å²) in [5, 5.41) is 25.2. The van der Waals surface area contributed by atoms with Crippen LogP contribution in [0.1, 0.15) is 37.9 Å². The molecule has 0 aliphatic rings. The molecule has 0 bridgehead atoms. The molecule has 1 amide bonds. The van der Waals surface area contributed by atoms with Gasteiger partial charge in [-0.15, -0.1) is 0 Å². The second kappa shape index (κ2) is 8.90. The Balaban J connectivity index is 2.02. The van der Waals surface area contributed by atoms with E-state index in [2.05, 4.69) is 17.5 Å². The van der Waals surface area contributed by atoms with Crippen molar-refractivity contribution >= 4 is 16.9 Å². The molecule has 5 heteroatoms. The maximum absolute atomic E-state index is 12.6. The predicted molar refractivity (Wildman–Crippen MR) is 120 cm³/mol. The number of amides is 1. The Bertz CT molecular complexity index is 1140. The van der Waals surface area contributed by atoms with Crippen molar-refractivity contribution < 1.29 is 9.53 Å². The number of rotatable bonds is 5. The molecule has 3 rings (SSSR count). The van der Waals surface area contributed by atoms with E-state index in [-0.39, 0.29) is 6.42 Å². The molecule has 31 heavy (non-hydrogen) atoms. The van der Waals surface area contributed by atoms with E-state index in [1.54, 1.807) is 32.9 Å². The van der Waals surface area contributed by atoms with Gasteiger partial charge in [0, 0.05) is 6.42 Å². The molecule has 3 aromatic rings. The Hall–Kier alpha value is -3.83. The van der Waals surface area contributed by atoms with Crippen LogP contribution in [0, 0.1) is 28.1 Å². The van der Waals surface area contributed by atoms with Gasteiger partial charge in [0.05, 0.1) is 18.2 Å². The first-order valence-electron chi connectivity index (χ1n) is 10.1. The largest absolute Gasteiger partial charge is 0.444 e. The molecule has 0 aromatic heterocycles. The summed E-state index contributed by atoms with van der Waals surface area (Å²) in [6.45, 7) is 5.29. The van der Waals surface area contributed by atoms with Gasteiger partial charge in [-0.3, -0.25) is 0 Å². The molecule has 0 radical (unpaired) electrons. The standard InChI is InChI=1S/C26H25N3O2/c1-25(2,3)31-24(30)29-23(21-10-5-4-6-11-21)26(17-27,18-28)16-19-13-14-20-9-7-8-12-22(20)15-19/h4-15,23H,16H2,1-3H3,(H,29,30)/t23-/m0/s1. The summed E-state index contributed by atoms with van der Waals surface area (Å²) in [4.78, 5) is 12.6. The first kappa shape index (κ1) is 21.9. The van der Waals surface area contributed by atoms with Crippen molar-refractivity contribution in [1.29, 1.82) is 10.5 Å². The minimum atomic E-state index is -1.53. The van der Waals surface area contributed by atoms with Crippen LogP contribution in [0.3, 0.4) is 0 Å². The second-order valence-corrected chi connectivity index (χ2v) is 8.54. The van der Waals surface area contributed by atoms with Crippen molar-refractivity contribution in [2.75, 3.05) is 0 Å². The summed E-state index contributed by atoms with van der Waals surface area (Å²) in [5.74, 6) is 0. The monoisotopic (exact) mass is 411 g/mol. The molecule has 0 unspecified atom stereocenters. The van der Waals surface area contributed by atoms with E-state index in [4.69, 9.17) is 4.74 Å². The van der Waals surface area contributed by atoms with Gasteiger partial charge >= 0.3 is 6.09 Å². The zero-order valence-electron chi connectivity index (χ0n) is 17.9. The summed E-state index contributed by atoms with van der Waals surface area (Å²) in [6.07, 6.45) is -0.519. The molecule has 1 atom stereocenters. The van der Waals surface area contributed by atoms with Crippen LogP contribution in [0.15, 0.2) is 72.8 Å². The fraction of sp³-hybridized carbons (Fsp3) is 0.269. The summed E-state index contributed by atoms with van der Waals surface area (Å²) in [7, 11) is 0. The molecule has 0 spiro atoms. The number of fused-ring (bicyclic) bond motifs is 1. The summed E-state index contributed by atoms with van der Waals surface area (Å²) >= 11 is 0. The average molecular weight is 412 g/mol. The van der Waals surface area contributed by atoms with Crippen molar-refractivity contribution in [1.82, 2.24) is 5.32 Å². The fourth-order valence-corrected chi connectivity index (χ4v) is 3.57. The van der Waals surface area contributed by atoms with Gasteiger partial charge in [0.1, 0.15) is 5.60 Å². The highest BCUT2D eigenvalue weighted by Gasteiger charge is 2.42. The molecule has 5 nitrogen and oxygen atoms in total. The van der Waals surface area contributed by atoms with Crippen LogP contribution in [0.5, 0.6) is 0 Å². The highest BCUT2D eigenvalue weighted by Crippen LogP contribution is 2.37. The number of carbonyl (C=O) groups is 1. The van der Waals surface area contributed by atoms with Gasteiger partial charge in [-0.25, -0.2) is 4.79 Å². The van der Waals surface area contributed by atoms with Crippen LogP contribution in [0.2, 0.25) is 0 Å². The topological polar surface area (TPSA) is 85.9 Å². The number of benzene rings is 3. The van der Waals surface area contributed by atoms with Gasteiger partial charge in [-0.1, -0.05) is 72.8 Å². The predicted octanol–water partition coefficient (Wildman–Crippen LogP) is 5.68. The third kappa shape index (κ3) is 5.21. The summed E-state index contributed by atoms with van der Waals surface area (Å²) in [6, 6.07) is 26.4. The number of nitrogens with one attached hydrogen (secondary N) is 1. The van der Waals surface area contributed by atoms with E-state index in [9.17, 15) is 15.3 Å². The molecule has 3 aromatic carbocycles. The quantitative estimate of drug-likeness (QED) is 0.585. The molecule has 0 heterocycles. The molecule has 1 N–H and O–H groups in total. The Kier molecular flexibility index (Phi) is 6.28. The number of alkyl carbamates (subject to hydrolysis) is 1. The van der Waals surface area contributed by atoms with Gasteiger partial charge in [0.15, 0.2) is 5.41 Å². The average Bonchev–Trinajstić information content (AvgIpc) is 2.75.